The van der Waals surface area contributed by atoms with E-state index in [1.165, 1.54) is 12.3 Å². The first-order valence-electron chi connectivity index (χ1n) is 8.85. The molecular formula is C22H18FN3O2. The highest BCUT2D eigenvalue weighted by Gasteiger charge is 2.08. The van der Waals surface area contributed by atoms with Gasteiger partial charge in [-0.15, -0.1) is 0 Å². The van der Waals surface area contributed by atoms with Gasteiger partial charge in [-0.1, -0.05) is 48.5 Å². The topological polar surface area (TPSA) is 56.1 Å². The molecule has 0 radical (unpaired) electrons. The molecular weight excluding hydrogens is 357 g/mol. The van der Waals surface area contributed by atoms with Crippen LogP contribution in [0.25, 0.3) is 10.8 Å². The first-order chi connectivity index (χ1) is 13.7. The molecule has 1 amide bonds. The number of nitrogens with one attached hydrogen (secondary N) is 1. The summed E-state index contributed by atoms with van der Waals surface area (Å²) in [6, 6.07) is 20.2. The summed E-state index contributed by atoms with van der Waals surface area (Å²) in [6.45, 7) is 0.174. The van der Waals surface area contributed by atoms with E-state index < -0.39 is 0 Å². The summed E-state index contributed by atoms with van der Waals surface area (Å²) in [5, 5.41) is 9.04. The third-order valence-electron chi connectivity index (χ3n) is 4.30. The molecule has 6 heteroatoms. The van der Waals surface area contributed by atoms with Crippen molar-refractivity contribution in [1.82, 2.24) is 9.78 Å². The van der Waals surface area contributed by atoms with E-state index in [-0.39, 0.29) is 24.9 Å². The van der Waals surface area contributed by atoms with Gasteiger partial charge in [0, 0.05) is 11.8 Å². The van der Waals surface area contributed by atoms with E-state index in [9.17, 15) is 9.18 Å². The largest absolute Gasteiger partial charge is 0.484 e. The predicted octanol–water partition coefficient (Wildman–Crippen LogP) is 4.24. The molecule has 5 nitrogen and oxygen atoms in total. The van der Waals surface area contributed by atoms with Crippen molar-refractivity contribution in [2.24, 2.45) is 0 Å². The Bertz CT molecular complexity index is 1120. The molecule has 0 saturated carbocycles. The molecule has 4 rings (SSSR count). The standard InChI is InChI=1S/C22H18FN3O2/c23-21-8-4-3-7-18(21)13-26-14-19(12-24-26)25-22(27)15-28-20-10-9-16-5-1-2-6-17(16)11-20/h1-12,14H,13,15H2,(H,25,27). The quantitative estimate of drug-likeness (QED) is 0.548. The van der Waals surface area contributed by atoms with Gasteiger partial charge in [0.2, 0.25) is 0 Å². The highest BCUT2D eigenvalue weighted by molar-refractivity contribution is 5.91. The summed E-state index contributed by atoms with van der Waals surface area (Å²) in [6.07, 6.45) is 3.18. The molecule has 0 spiro atoms. The van der Waals surface area contributed by atoms with Crippen LogP contribution in [-0.2, 0) is 11.3 Å². The molecule has 0 atom stereocenters. The molecule has 28 heavy (non-hydrogen) atoms. The van der Waals surface area contributed by atoms with Crippen LogP contribution < -0.4 is 10.1 Å². The van der Waals surface area contributed by atoms with E-state index in [0.29, 0.717) is 17.0 Å². The molecule has 3 aromatic carbocycles. The average molecular weight is 375 g/mol. The Balaban J connectivity index is 1.33. The number of anilines is 1. The van der Waals surface area contributed by atoms with Crippen molar-refractivity contribution in [1.29, 1.82) is 0 Å². The minimum atomic E-state index is -0.293. The Morgan fingerprint density at radius 1 is 1.04 bits per heavy atom. The smallest absolute Gasteiger partial charge is 0.262 e. The van der Waals surface area contributed by atoms with Gasteiger partial charge in [-0.25, -0.2) is 4.39 Å². The number of hydrogen-bond acceptors (Lipinski definition) is 3. The lowest BCUT2D eigenvalue weighted by molar-refractivity contribution is -0.118. The van der Waals surface area contributed by atoms with E-state index in [1.54, 1.807) is 29.1 Å². The van der Waals surface area contributed by atoms with Crippen LogP contribution in [0.5, 0.6) is 5.75 Å². The van der Waals surface area contributed by atoms with Crippen molar-refractivity contribution in [2.45, 2.75) is 6.54 Å². The van der Waals surface area contributed by atoms with E-state index in [2.05, 4.69) is 10.4 Å². The van der Waals surface area contributed by atoms with Crippen molar-refractivity contribution >= 4 is 22.4 Å². The summed E-state index contributed by atoms with van der Waals surface area (Å²) in [4.78, 5) is 12.1. The van der Waals surface area contributed by atoms with Crippen LogP contribution in [0.2, 0.25) is 0 Å². The number of benzene rings is 3. The maximum Gasteiger partial charge on any atom is 0.262 e. The van der Waals surface area contributed by atoms with Crippen LogP contribution in [0.3, 0.4) is 0 Å². The Kier molecular flexibility index (Phi) is 5.01. The van der Waals surface area contributed by atoms with Crippen LogP contribution in [0.15, 0.2) is 79.1 Å². The predicted molar refractivity (Wildman–Crippen MR) is 106 cm³/mol. The van der Waals surface area contributed by atoms with Crippen molar-refractivity contribution in [3.63, 3.8) is 0 Å². The fourth-order valence-electron chi connectivity index (χ4n) is 2.92. The van der Waals surface area contributed by atoms with Crippen molar-refractivity contribution < 1.29 is 13.9 Å². The molecule has 0 aliphatic heterocycles. The lowest BCUT2D eigenvalue weighted by atomic mass is 10.1. The van der Waals surface area contributed by atoms with Crippen molar-refractivity contribution in [3.8, 4) is 5.75 Å². The number of halogens is 1. The summed E-state index contributed by atoms with van der Waals surface area (Å²) in [5.41, 5.74) is 1.06. The van der Waals surface area contributed by atoms with E-state index >= 15 is 0 Å². The van der Waals surface area contributed by atoms with Gasteiger partial charge in [0.1, 0.15) is 11.6 Å². The second-order valence-corrected chi connectivity index (χ2v) is 6.36. The number of carbonyl (C=O) groups is 1. The number of hydrogen-bond donors (Lipinski definition) is 1. The first kappa shape index (κ1) is 17.7. The second kappa shape index (κ2) is 7.92. The van der Waals surface area contributed by atoms with Gasteiger partial charge in [0.15, 0.2) is 6.61 Å². The SMILES string of the molecule is O=C(COc1ccc2ccccc2c1)Nc1cnn(Cc2ccccc2F)c1. The second-order valence-electron chi connectivity index (χ2n) is 6.36. The van der Waals surface area contributed by atoms with E-state index in [0.717, 1.165) is 10.8 Å². The molecule has 1 heterocycles. The van der Waals surface area contributed by atoms with E-state index in [4.69, 9.17) is 4.74 Å². The van der Waals surface area contributed by atoms with Crippen molar-refractivity contribution in [3.05, 3.63) is 90.5 Å². The average Bonchev–Trinajstić information content (AvgIpc) is 3.15. The Morgan fingerprint density at radius 3 is 2.68 bits per heavy atom. The van der Waals surface area contributed by atoms with Gasteiger partial charge < -0.3 is 10.1 Å². The molecule has 140 valence electrons. The number of fused-ring (bicyclic) bond motifs is 1. The Hall–Kier alpha value is -3.67. The Morgan fingerprint density at radius 2 is 1.82 bits per heavy atom. The molecule has 0 bridgehead atoms. The first-order valence-corrected chi connectivity index (χ1v) is 8.85. The van der Waals surface area contributed by atoms with Crippen LogP contribution >= 0.6 is 0 Å². The molecule has 0 unspecified atom stereocenters. The monoisotopic (exact) mass is 375 g/mol. The zero-order chi connectivity index (χ0) is 19.3. The molecule has 0 fully saturated rings. The maximum absolute atomic E-state index is 13.7. The number of aromatic nitrogens is 2. The lowest BCUT2D eigenvalue weighted by Gasteiger charge is -2.07. The molecule has 4 aromatic rings. The van der Waals surface area contributed by atoms with E-state index in [1.807, 2.05) is 42.5 Å². The minimum absolute atomic E-state index is 0.114. The van der Waals surface area contributed by atoms with Gasteiger partial charge in [-0.05, 0) is 29.0 Å². The third-order valence-corrected chi connectivity index (χ3v) is 4.30. The summed E-state index contributed by atoms with van der Waals surface area (Å²) < 4.78 is 20.9. The maximum atomic E-state index is 13.7. The van der Waals surface area contributed by atoms with Gasteiger partial charge in [0.05, 0.1) is 18.4 Å². The zero-order valence-corrected chi connectivity index (χ0v) is 15.0. The molecule has 1 N–H and O–H groups in total. The number of rotatable bonds is 6. The zero-order valence-electron chi connectivity index (χ0n) is 15.0. The highest BCUT2D eigenvalue weighted by Crippen LogP contribution is 2.20. The number of nitrogens with zero attached hydrogens (tertiary/aromatic N) is 2. The fraction of sp³-hybridized carbons (Fsp3) is 0.0909. The molecule has 0 saturated heterocycles. The minimum Gasteiger partial charge on any atom is -0.484 e. The van der Waals surface area contributed by atoms with Gasteiger partial charge in [0.25, 0.3) is 5.91 Å². The summed E-state index contributed by atoms with van der Waals surface area (Å²) >= 11 is 0. The van der Waals surface area contributed by atoms with Crippen LogP contribution in [-0.4, -0.2) is 22.3 Å². The Labute approximate surface area is 161 Å². The fourth-order valence-corrected chi connectivity index (χ4v) is 2.92. The van der Waals surface area contributed by atoms with Crippen LogP contribution in [0.1, 0.15) is 5.56 Å². The van der Waals surface area contributed by atoms with Gasteiger partial charge in [-0.3, -0.25) is 9.48 Å². The molecule has 1 aromatic heterocycles. The third kappa shape index (κ3) is 4.17. The summed E-state index contributed by atoms with van der Waals surface area (Å²) in [7, 11) is 0. The number of ether oxygens (including phenoxy) is 1. The van der Waals surface area contributed by atoms with Crippen molar-refractivity contribution in [2.75, 3.05) is 11.9 Å². The number of amides is 1. The van der Waals surface area contributed by atoms with Crippen LogP contribution in [0, 0.1) is 5.82 Å². The normalized spacial score (nSPS) is 10.8. The lowest BCUT2D eigenvalue weighted by Crippen LogP contribution is -2.19. The molecule has 0 aliphatic carbocycles. The van der Waals surface area contributed by atoms with Gasteiger partial charge >= 0.3 is 0 Å². The number of carbonyl (C=O) groups excluding carboxylic acids is 1. The molecule has 0 aliphatic rings. The van der Waals surface area contributed by atoms with Gasteiger partial charge in [-0.2, -0.15) is 5.10 Å². The van der Waals surface area contributed by atoms with Crippen LogP contribution in [0.4, 0.5) is 10.1 Å². The highest BCUT2D eigenvalue weighted by atomic mass is 19.1. The summed E-state index contributed by atoms with van der Waals surface area (Å²) in [5.74, 6) is 0.0510.